The van der Waals surface area contributed by atoms with Crippen molar-refractivity contribution in [1.82, 2.24) is 25.1 Å². The van der Waals surface area contributed by atoms with Gasteiger partial charge in [0, 0.05) is 19.6 Å². The molecule has 1 amide bonds. The highest BCUT2D eigenvalue weighted by molar-refractivity contribution is 8.03. The summed E-state index contributed by atoms with van der Waals surface area (Å²) in [6.07, 6.45) is 0. The van der Waals surface area contributed by atoms with Gasteiger partial charge in [-0.2, -0.15) is 0 Å². The number of carbonyl (C=O) groups is 2. The summed E-state index contributed by atoms with van der Waals surface area (Å²) in [7, 11) is -0.950. The van der Waals surface area contributed by atoms with Crippen molar-refractivity contribution < 1.29 is 22.7 Å². The predicted octanol–water partition coefficient (Wildman–Crippen LogP) is 0.131. The fourth-order valence-corrected chi connectivity index (χ4v) is 6.85. The number of aromatic nitrogens is 4. The van der Waals surface area contributed by atoms with Gasteiger partial charge in [0.2, 0.25) is 10.1 Å². The van der Waals surface area contributed by atoms with E-state index >= 15 is 0 Å². The van der Waals surface area contributed by atoms with Crippen LogP contribution in [0.5, 0.6) is 0 Å². The van der Waals surface area contributed by atoms with Crippen molar-refractivity contribution in [3.8, 4) is 0 Å². The molecule has 2 atom stereocenters. The summed E-state index contributed by atoms with van der Waals surface area (Å²) in [4.78, 5) is 25.3. The highest BCUT2D eigenvalue weighted by Crippen LogP contribution is 2.53. The van der Waals surface area contributed by atoms with Crippen LogP contribution in [0.2, 0.25) is 0 Å². The molecule has 3 heterocycles. The lowest BCUT2D eigenvalue weighted by molar-refractivity contribution is -0.166. The number of rotatable bonds is 4. The Morgan fingerprint density at radius 2 is 2.00 bits per heavy atom. The first-order valence-electron chi connectivity index (χ1n) is 8.13. The van der Waals surface area contributed by atoms with E-state index in [0.717, 1.165) is 16.7 Å². The van der Waals surface area contributed by atoms with Gasteiger partial charge in [0.05, 0.1) is 11.4 Å². The number of amides is 1. The zero-order chi connectivity index (χ0) is 20.4. The number of β-lactam (4-membered cyclic amide) rings is 1. The molecule has 148 valence electrons. The molecule has 1 aromatic rings. The predicted molar refractivity (Wildman–Crippen MR) is 96.0 cm³/mol. The Morgan fingerprint density at radius 3 is 2.48 bits per heavy atom. The minimum absolute atomic E-state index is 0.136. The zero-order valence-electron chi connectivity index (χ0n) is 15.9. The molecule has 0 bridgehead atoms. The molecule has 0 N–H and O–H groups in total. The smallest absolute Gasteiger partial charge is 0.275 e. The molecule has 12 heteroatoms. The molecule has 2 aliphatic heterocycles. The number of aryl methyl sites for hydroxylation is 1. The van der Waals surface area contributed by atoms with Crippen LogP contribution in [-0.4, -0.2) is 68.4 Å². The number of ketones is 1. The van der Waals surface area contributed by atoms with E-state index in [4.69, 9.17) is 4.74 Å². The Bertz CT molecular complexity index is 961. The first-order chi connectivity index (χ1) is 12.4. The summed E-state index contributed by atoms with van der Waals surface area (Å²) in [5.74, 6) is -1.22. The van der Waals surface area contributed by atoms with Gasteiger partial charge in [-0.3, -0.25) is 14.5 Å². The molecule has 1 unspecified atom stereocenters. The Balaban J connectivity index is 2.11. The molecule has 0 aliphatic carbocycles. The monoisotopic (exact) mass is 415 g/mol. The van der Waals surface area contributed by atoms with Crippen LogP contribution in [0.3, 0.4) is 0 Å². The molecule has 1 saturated heterocycles. The van der Waals surface area contributed by atoms with Gasteiger partial charge in [-0.1, -0.05) is 20.8 Å². The molecule has 0 saturated carbocycles. The SMILES string of the molecule is COC1(Sc2nnnn2C)C(=O)N2C(C(=O)C(C)(C)C)=C(C)CS(=O)(=O)[C@@H]21. The third-order valence-electron chi connectivity index (χ3n) is 4.50. The van der Waals surface area contributed by atoms with Crippen LogP contribution in [0.1, 0.15) is 27.7 Å². The quantitative estimate of drug-likeness (QED) is 0.498. The largest absolute Gasteiger partial charge is 0.355 e. The Kier molecular flexibility index (Phi) is 4.51. The molecule has 1 fully saturated rings. The molecular weight excluding hydrogens is 394 g/mol. The van der Waals surface area contributed by atoms with Crippen molar-refractivity contribution in [3.05, 3.63) is 11.3 Å². The molecular formula is C15H21N5O5S2. The lowest BCUT2D eigenvalue weighted by Crippen LogP contribution is -2.77. The maximum absolute atomic E-state index is 13.1. The number of allylic oxidation sites excluding steroid dienone is 1. The molecule has 10 nitrogen and oxygen atoms in total. The van der Waals surface area contributed by atoms with E-state index in [1.54, 1.807) is 34.7 Å². The zero-order valence-corrected chi connectivity index (χ0v) is 17.5. The van der Waals surface area contributed by atoms with Crippen LogP contribution in [0, 0.1) is 5.41 Å². The molecule has 0 spiro atoms. The fraction of sp³-hybridized carbons (Fsp3) is 0.667. The number of hydrogen-bond donors (Lipinski definition) is 0. The second kappa shape index (κ2) is 6.11. The number of tetrazole rings is 1. The molecule has 0 aromatic carbocycles. The first kappa shape index (κ1) is 20.0. The lowest BCUT2D eigenvalue weighted by Gasteiger charge is -2.55. The number of hydrogen-bond acceptors (Lipinski definition) is 9. The Hall–Kier alpha value is -1.79. The van der Waals surface area contributed by atoms with Gasteiger partial charge >= 0.3 is 0 Å². The fourth-order valence-electron chi connectivity index (χ4n) is 3.18. The normalized spacial score (nSPS) is 27.4. The van der Waals surface area contributed by atoms with E-state index in [9.17, 15) is 18.0 Å². The number of fused-ring (bicyclic) bond motifs is 1. The first-order valence-corrected chi connectivity index (χ1v) is 10.7. The number of carbonyl (C=O) groups excluding carboxylic acids is 2. The highest BCUT2D eigenvalue weighted by atomic mass is 32.2. The average molecular weight is 415 g/mol. The van der Waals surface area contributed by atoms with Crippen LogP contribution < -0.4 is 0 Å². The summed E-state index contributed by atoms with van der Waals surface area (Å²) < 4.78 is 32.6. The summed E-state index contributed by atoms with van der Waals surface area (Å²) in [6, 6.07) is 0. The van der Waals surface area contributed by atoms with E-state index in [2.05, 4.69) is 15.5 Å². The van der Waals surface area contributed by atoms with E-state index in [1.807, 2.05) is 0 Å². The lowest BCUT2D eigenvalue weighted by atomic mass is 9.86. The van der Waals surface area contributed by atoms with Gasteiger partial charge in [0.25, 0.3) is 5.91 Å². The number of nitrogens with zero attached hydrogens (tertiary/aromatic N) is 5. The Morgan fingerprint density at radius 1 is 1.37 bits per heavy atom. The third kappa shape index (κ3) is 2.81. The minimum atomic E-state index is -3.78. The standard InChI is InChI=1S/C15H21N5O5S2/c1-8-7-27(23,24)12-15(25-6,26-13-16-17-18-19(13)5)11(22)20(12)9(8)10(21)14(2,3)4/h12H,7H2,1-6H3/t12-,15?/m1/s1. The third-order valence-corrected chi connectivity index (χ3v) is 8.11. The second-order valence-corrected chi connectivity index (χ2v) is 10.8. The van der Waals surface area contributed by atoms with Gasteiger partial charge in [-0.25, -0.2) is 13.1 Å². The topological polar surface area (TPSA) is 124 Å². The van der Waals surface area contributed by atoms with Gasteiger partial charge < -0.3 is 4.74 Å². The molecule has 1 aromatic heterocycles. The minimum Gasteiger partial charge on any atom is -0.355 e. The van der Waals surface area contributed by atoms with E-state index in [0.29, 0.717) is 5.57 Å². The summed E-state index contributed by atoms with van der Waals surface area (Å²) in [6.45, 7) is 6.73. The van der Waals surface area contributed by atoms with Crippen molar-refractivity contribution in [3.63, 3.8) is 0 Å². The van der Waals surface area contributed by atoms with Gasteiger partial charge in [-0.05, 0) is 34.7 Å². The Labute approximate surface area is 161 Å². The van der Waals surface area contributed by atoms with Crippen LogP contribution >= 0.6 is 11.8 Å². The number of ether oxygens (including phenoxy) is 1. The number of thioether (sulfide) groups is 1. The summed E-state index contributed by atoms with van der Waals surface area (Å²) in [5, 5.41) is 9.89. The van der Waals surface area contributed by atoms with Gasteiger partial charge in [0.15, 0.2) is 21.0 Å². The van der Waals surface area contributed by atoms with E-state index in [-0.39, 0.29) is 22.4 Å². The van der Waals surface area contributed by atoms with E-state index < -0.39 is 31.5 Å². The molecule has 27 heavy (non-hydrogen) atoms. The van der Waals surface area contributed by atoms with Crippen molar-refractivity contribution in [2.45, 2.75) is 43.2 Å². The van der Waals surface area contributed by atoms with Crippen LogP contribution in [0.25, 0.3) is 0 Å². The second-order valence-electron chi connectivity index (χ2n) is 7.60. The summed E-state index contributed by atoms with van der Waals surface area (Å²) >= 11 is 0.830. The van der Waals surface area contributed by atoms with Gasteiger partial charge in [0.1, 0.15) is 0 Å². The maximum Gasteiger partial charge on any atom is 0.275 e. The maximum atomic E-state index is 13.1. The van der Waals surface area contributed by atoms with Crippen LogP contribution in [0.15, 0.2) is 16.4 Å². The van der Waals surface area contributed by atoms with Crippen molar-refractivity contribution in [1.29, 1.82) is 0 Å². The molecule has 0 radical (unpaired) electrons. The number of methoxy groups -OCH3 is 1. The molecule has 2 aliphatic rings. The van der Waals surface area contributed by atoms with Crippen molar-refractivity contribution in [2.24, 2.45) is 12.5 Å². The summed E-state index contributed by atoms with van der Waals surface area (Å²) in [5.41, 5.74) is -0.277. The average Bonchev–Trinajstić information content (AvgIpc) is 2.94. The number of Topliss-reactive ketones (excluding diaryl/α,β-unsaturated/α-hetero) is 1. The van der Waals surface area contributed by atoms with Crippen LogP contribution in [-0.2, 0) is 31.2 Å². The van der Waals surface area contributed by atoms with E-state index in [1.165, 1.54) is 11.8 Å². The van der Waals surface area contributed by atoms with Gasteiger partial charge in [-0.15, -0.1) is 5.10 Å². The van der Waals surface area contributed by atoms with Crippen molar-refractivity contribution in [2.75, 3.05) is 12.9 Å². The number of sulfone groups is 1. The molecule has 3 rings (SSSR count). The van der Waals surface area contributed by atoms with Crippen LogP contribution in [0.4, 0.5) is 0 Å². The van der Waals surface area contributed by atoms with Crippen molar-refractivity contribution >= 4 is 33.3 Å². The highest BCUT2D eigenvalue weighted by Gasteiger charge is 2.71.